The fraction of sp³-hybridized carbons (Fsp3) is 0.727. The molecule has 4 fully saturated rings. The van der Waals surface area contributed by atoms with Crippen molar-refractivity contribution in [2.75, 3.05) is 64.4 Å². The van der Waals surface area contributed by atoms with Gasteiger partial charge < -0.3 is 60.8 Å². The number of fused-ring (bicyclic) bond motifs is 2. The average Bonchev–Trinajstić information content (AvgIpc) is 4.00. The van der Waals surface area contributed by atoms with Crippen LogP contribution in [0.15, 0.2) is 31.2 Å². The summed E-state index contributed by atoms with van der Waals surface area (Å²) in [5, 5.41) is 23.1. The van der Waals surface area contributed by atoms with Crippen molar-refractivity contribution >= 4 is 93.1 Å². The number of likely N-dealkylation sites (tertiary alicyclic amines) is 2. The Balaban J connectivity index is 0.000000218. The van der Waals surface area contributed by atoms with Gasteiger partial charge in [-0.1, -0.05) is 25.6 Å². The number of β-lactam (4-membered cyclic amide) rings is 2. The summed E-state index contributed by atoms with van der Waals surface area (Å²) in [7, 11) is 0. The van der Waals surface area contributed by atoms with Crippen molar-refractivity contribution in [3.8, 4) is 0 Å². The standard InChI is InChI=1S/2C22H31N3O6S2.BrH/c2*1-11-15-14(12(2)26)18(27)25(15)16(19(28)30-10-31-20(29)22(3,4)5)17(11)33-13-8-24(9-13)21-23-6-7-32-21;/h2*11-15,26H,6-10H2,1-5H3;1H/t2*11-,12-,14?,15?;/m11./s1. The number of aliphatic imine (C=N–C) groups is 2. The molecule has 0 aromatic rings. The molecule has 4 saturated heterocycles. The number of carbonyl (C=O) groups excluding carboxylic acids is 6. The number of thioether (sulfide) groups is 4. The topological polar surface area (TPSA) is 219 Å². The Kier molecular flexibility index (Phi) is 17.0. The number of ether oxygens (including phenoxy) is 4. The highest BCUT2D eigenvalue weighted by Crippen LogP contribution is 2.53. The van der Waals surface area contributed by atoms with Crippen LogP contribution in [0.5, 0.6) is 0 Å². The van der Waals surface area contributed by atoms with Gasteiger partial charge in [0.05, 0.1) is 60.0 Å². The molecule has 4 unspecified atom stereocenters. The highest BCUT2D eigenvalue weighted by Gasteiger charge is 2.62. The number of aliphatic hydroxyl groups excluding tert-OH is 2. The molecule has 8 aliphatic heterocycles. The van der Waals surface area contributed by atoms with Crippen LogP contribution in [0.4, 0.5) is 0 Å². The van der Waals surface area contributed by atoms with E-state index in [0.717, 1.165) is 70.9 Å². The number of esters is 4. The Bertz CT molecular complexity index is 1970. The lowest BCUT2D eigenvalue weighted by atomic mass is 9.79. The minimum absolute atomic E-state index is 0. The van der Waals surface area contributed by atoms with Gasteiger partial charge in [0.15, 0.2) is 5.17 Å². The van der Waals surface area contributed by atoms with Crippen LogP contribution in [0.25, 0.3) is 0 Å². The van der Waals surface area contributed by atoms with E-state index in [4.69, 9.17) is 18.9 Å². The monoisotopic (exact) mass is 1070 g/mol. The molecule has 0 radical (unpaired) electrons. The first-order chi connectivity index (χ1) is 31.0. The van der Waals surface area contributed by atoms with Gasteiger partial charge in [0.2, 0.25) is 25.4 Å². The van der Waals surface area contributed by atoms with E-state index in [0.29, 0.717) is 5.25 Å². The minimum Gasteiger partial charge on any atom is -1.00 e. The van der Waals surface area contributed by atoms with Gasteiger partial charge in [0.25, 0.3) is 5.17 Å². The van der Waals surface area contributed by atoms with Crippen LogP contribution < -0.4 is 21.9 Å². The number of carbonyl (C=O) groups is 6. The van der Waals surface area contributed by atoms with E-state index in [9.17, 15) is 39.0 Å². The largest absolute Gasteiger partial charge is 1.00 e. The molecule has 8 atom stereocenters. The summed E-state index contributed by atoms with van der Waals surface area (Å²) in [4.78, 5) is 92.8. The molecule has 0 aromatic heterocycles. The van der Waals surface area contributed by atoms with Crippen molar-refractivity contribution in [3.05, 3.63) is 21.2 Å². The first-order valence-corrected chi connectivity index (χ1v) is 26.2. The van der Waals surface area contributed by atoms with Gasteiger partial charge in [-0.15, -0.1) is 23.5 Å². The summed E-state index contributed by atoms with van der Waals surface area (Å²) in [6, 6.07) is -0.538. The van der Waals surface area contributed by atoms with Gasteiger partial charge in [0.1, 0.15) is 29.7 Å². The average molecular weight is 1080 g/mol. The Morgan fingerprint density at radius 1 is 0.716 bits per heavy atom. The summed E-state index contributed by atoms with van der Waals surface area (Å²) < 4.78 is 20.7. The second kappa shape index (κ2) is 21.3. The number of hydrogen-bond acceptors (Lipinski definition) is 19. The van der Waals surface area contributed by atoms with Crippen LogP contribution in [0.1, 0.15) is 69.2 Å². The van der Waals surface area contributed by atoms with E-state index < -0.39 is 72.3 Å². The molecule has 23 heteroatoms. The SMILES string of the molecule is C[C@@H](O)C1C(=O)N2C(C(=O)OCOC(=O)C(C)(C)C)=C(SC3CN(C4=NCCS4)C3)[C@H](C)C12.C[C@@H](O)C1C(=O)N2C(C(=O)OCOC(=O)C(C)(C)C)=C(SC3C[NH+](C4=NCCS4)C3)[C@H](C)C12.[Br-]. The Morgan fingerprint density at radius 2 is 1.15 bits per heavy atom. The number of nitrogens with zero attached hydrogens (tertiary/aromatic N) is 5. The molecule has 67 heavy (non-hydrogen) atoms. The van der Waals surface area contributed by atoms with Gasteiger partial charge in [-0.2, -0.15) is 0 Å². The number of rotatable bonds is 12. The summed E-state index contributed by atoms with van der Waals surface area (Å²) in [6.07, 6.45) is -1.59. The van der Waals surface area contributed by atoms with Crippen molar-refractivity contribution in [2.24, 2.45) is 44.5 Å². The third kappa shape index (κ3) is 10.9. The Labute approximate surface area is 419 Å². The number of nitrogens with one attached hydrogen (secondary N) is 1. The first-order valence-electron chi connectivity index (χ1n) is 22.5. The molecule has 0 aliphatic carbocycles. The molecule has 18 nitrogen and oxygen atoms in total. The maximum atomic E-state index is 13.0. The summed E-state index contributed by atoms with van der Waals surface area (Å²) in [6.45, 7) is 21.7. The fourth-order valence-electron chi connectivity index (χ4n) is 9.02. The van der Waals surface area contributed by atoms with Crippen LogP contribution in [0, 0.1) is 34.5 Å². The quantitative estimate of drug-likeness (QED) is 0.120. The van der Waals surface area contributed by atoms with Gasteiger partial charge in [0, 0.05) is 51.5 Å². The number of amides is 2. The maximum Gasteiger partial charge on any atom is 0.358 e. The molecule has 3 N–H and O–H groups in total. The van der Waals surface area contributed by atoms with E-state index >= 15 is 0 Å². The molecule has 8 rings (SSSR count). The molecule has 0 spiro atoms. The van der Waals surface area contributed by atoms with Crippen LogP contribution in [0.3, 0.4) is 0 Å². The Morgan fingerprint density at radius 3 is 1.54 bits per heavy atom. The molecule has 0 bridgehead atoms. The predicted octanol–water partition coefficient (Wildman–Crippen LogP) is -1.08. The third-order valence-electron chi connectivity index (χ3n) is 12.7. The molecule has 0 aromatic carbocycles. The second-order valence-corrected chi connectivity index (χ2v) is 24.7. The van der Waals surface area contributed by atoms with Gasteiger partial charge in [-0.3, -0.25) is 29.1 Å². The molecular weight excluding hydrogens is 1010 g/mol. The molecular formula is C44H63BrN6O12S4. The van der Waals surface area contributed by atoms with E-state index in [1.165, 1.54) is 14.7 Å². The molecule has 2 amide bonds. The highest BCUT2D eigenvalue weighted by molar-refractivity contribution is 8.14. The summed E-state index contributed by atoms with van der Waals surface area (Å²) >= 11 is 6.78. The lowest BCUT2D eigenvalue weighted by Gasteiger charge is -2.46. The molecule has 0 saturated carbocycles. The third-order valence-corrected chi connectivity index (χ3v) is 17.7. The van der Waals surface area contributed by atoms with Crippen molar-refractivity contribution in [3.63, 3.8) is 0 Å². The maximum absolute atomic E-state index is 13.0. The van der Waals surface area contributed by atoms with Crippen molar-refractivity contribution in [2.45, 2.75) is 104 Å². The smallest absolute Gasteiger partial charge is 0.358 e. The van der Waals surface area contributed by atoms with Crippen molar-refractivity contribution in [1.29, 1.82) is 0 Å². The lowest BCUT2D eigenvalue weighted by molar-refractivity contribution is -0.842. The predicted molar refractivity (Wildman–Crippen MR) is 252 cm³/mol. The number of halogens is 1. The number of amidine groups is 2. The van der Waals surface area contributed by atoms with Crippen LogP contribution >= 0.6 is 47.0 Å². The second-order valence-electron chi connectivity index (χ2n) is 19.8. The van der Waals surface area contributed by atoms with Crippen LogP contribution in [-0.4, -0.2) is 170 Å². The first kappa shape index (κ1) is 53.5. The molecule has 372 valence electrons. The normalized spacial score (nSPS) is 29.7. The number of quaternary nitrogens is 1. The molecule has 8 aliphatic rings. The summed E-state index contributed by atoms with van der Waals surface area (Å²) in [5.74, 6) is -2.07. The van der Waals surface area contributed by atoms with E-state index in [-0.39, 0.29) is 69.4 Å². The van der Waals surface area contributed by atoms with Crippen LogP contribution in [0.2, 0.25) is 0 Å². The Hall–Kier alpha value is -2.80. The van der Waals surface area contributed by atoms with Crippen molar-refractivity contribution < 1.29 is 79.8 Å². The zero-order valence-electron chi connectivity index (χ0n) is 39.6. The van der Waals surface area contributed by atoms with Crippen LogP contribution in [-0.2, 0) is 47.7 Å². The van der Waals surface area contributed by atoms with E-state index in [2.05, 4.69) is 14.9 Å². The zero-order valence-corrected chi connectivity index (χ0v) is 44.4. The minimum atomic E-state index is -0.799. The zero-order chi connectivity index (χ0) is 48.2. The van der Waals surface area contributed by atoms with E-state index in [1.807, 2.05) is 13.8 Å². The summed E-state index contributed by atoms with van der Waals surface area (Å²) in [5.41, 5.74) is -0.975. The van der Waals surface area contributed by atoms with Crippen molar-refractivity contribution in [1.82, 2.24) is 14.7 Å². The van der Waals surface area contributed by atoms with Gasteiger partial charge in [-0.25, -0.2) is 14.6 Å². The lowest BCUT2D eigenvalue weighted by Crippen LogP contribution is -3.22. The van der Waals surface area contributed by atoms with Gasteiger partial charge in [-0.05, 0) is 67.2 Å². The van der Waals surface area contributed by atoms with E-state index in [1.54, 1.807) is 102 Å². The number of aliphatic hydroxyl groups is 2. The number of hydrogen-bond donors (Lipinski definition) is 3. The fourth-order valence-corrected chi connectivity index (χ4v) is 13.9. The highest BCUT2D eigenvalue weighted by atomic mass is 79.9. The molecule has 8 heterocycles. The van der Waals surface area contributed by atoms with Gasteiger partial charge >= 0.3 is 23.9 Å².